The molecule has 1 heterocycles. The van der Waals surface area contributed by atoms with Crippen molar-refractivity contribution in [3.05, 3.63) is 36.9 Å². The van der Waals surface area contributed by atoms with Crippen LogP contribution in [0.4, 0.5) is 11.4 Å². The van der Waals surface area contributed by atoms with Gasteiger partial charge in [0.1, 0.15) is 0 Å². The van der Waals surface area contributed by atoms with Crippen molar-refractivity contribution in [1.82, 2.24) is 0 Å². The Balaban J connectivity index is 2.55. The summed E-state index contributed by atoms with van der Waals surface area (Å²) in [6.07, 6.45) is 2.47. The van der Waals surface area contributed by atoms with Crippen LogP contribution in [-0.2, 0) is 9.59 Å². The molecule has 0 spiro atoms. The molecule has 0 fully saturated rings. The van der Waals surface area contributed by atoms with E-state index in [2.05, 4.69) is 6.58 Å². The monoisotopic (exact) mass is 244 g/mol. The van der Waals surface area contributed by atoms with Crippen LogP contribution in [0.3, 0.4) is 0 Å². The summed E-state index contributed by atoms with van der Waals surface area (Å²) in [6.45, 7) is 6.38. The van der Waals surface area contributed by atoms with Gasteiger partial charge >= 0.3 is 0 Å². The number of carbonyl (C=O) groups excluding carboxylic acids is 2. The van der Waals surface area contributed by atoms with Gasteiger partial charge in [-0.25, -0.2) is 0 Å². The largest absolute Gasteiger partial charge is 0.312 e. The number of hydrogen-bond acceptors (Lipinski definition) is 2. The molecule has 0 radical (unpaired) electrons. The van der Waals surface area contributed by atoms with Gasteiger partial charge < -0.3 is 9.80 Å². The SMILES string of the molecule is C=CCN1C(=O)C(C)CN(C=O)c2ccccc21. The van der Waals surface area contributed by atoms with Gasteiger partial charge in [0, 0.05) is 13.1 Å². The van der Waals surface area contributed by atoms with Crippen molar-refractivity contribution < 1.29 is 9.59 Å². The third-order valence-electron chi connectivity index (χ3n) is 3.08. The Kier molecular flexibility index (Phi) is 3.46. The van der Waals surface area contributed by atoms with Crippen molar-refractivity contribution in [3.8, 4) is 0 Å². The summed E-state index contributed by atoms with van der Waals surface area (Å²) in [5.74, 6) is -0.200. The molecule has 0 bridgehead atoms. The molecule has 1 aliphatic rings. The molecule has 1 aliphatic heterocycles. The molecule has 0 saturated carbocycles. The maximum atomic E-state index is 12.3. The zero-order valence-electron chi connectivity index (χ0n) is 10.4. The van der Waals surface area contributed by atoms with E-state index in [9.17, 15) is 9.59 Å². The lowest BCUT2D eigenvalue weighted by Crippen LogP contribution is -2.36. The summed E-state index contributed by atoms with van der Waals surface area (Å²) < 4.78 is 0. The number of hydrogen-bond donors (Lipinski definition) is 0. The average molecular weight is 244 g/mol. The molecule has 18 heavy (non-hydrogen) atoms. The summed E-state index contributed by atoms with van der Waals surface area (Å²) in [7, 11) is 0. The van der Waals surface area contributed by atoms with Crippen molar-refractivity contribution in [1.29, 1.82) is 0 Å². The predicted octanol–water partition coefficient (Wildman–Crippen LogP) is 1.82. The van der Waals surface area contributed by atoms with E-state index in [1.54, 1.807) is 15.9 Å². The van der Waals surface area contributed by atoms with E-state index in [0.717, 1.165) is 17.8 Å². The molecule has 2 amide bonds. The molecular formula is C14H16N2O2. The third kappa shape index (κ3) is 2.01. The van der Waals surface area contributed by atoms with E-state index in [1.807, 2.05) is 31.2 Å². The standard InChI is InChI=1S/C14H16N2O2/c1-3-8-16-13-7-5-4-6-12(13)15(10-17)9-11(2)14(16)18/h3-7,10-11H,1,8-9H2,2H3. The Morgan fingerprint density at radius 1 is 1.39 bits per heavy atom. The second-order valence-electron chi connectivity index (χ2n) is 4.39. The van der Waals surface area contributed by atoms with Crippen molar-refractivity contribution in [2.24, 2.45) is 5.92 Å². The molecule has 94 valence electrons. The molecule has 0 aromatic heterocycles. The first kappa shape index (κ1) is 12.4. The summed E-state index contributed by atoms with van der Waals surface area (Å²) in [5, 5.41) is 0. The second-order valence-corrected chi connectivity index (χ2v) is 4.39. The second kappa shape index (κ2) is 5.04. The van der Waals surface area contributed by atoms with Gasteiger partial charge in [-0.2, -0.15) is 0 Å². The highest BCUT2D eigenvalue weighted by Gasteiger charge is 2.30. The zero-order chi connectivity index (χ0) is 13.1. The van der Waals surface area contributed by atoms with Gasteiger partial charge in [-0.05, 0) is 12.1 Å². The van der Waals surface area contributed by atoms with Crippen LogP contribution in [-0.4, -0.2) is 25.4 Å². The third-order valence-corrected chi connectivity index (χ3v) is 3.08. The Hall–Kier alpha value is -2.10. The zero-order valence-corrected chi connectivity index (χ0v) is 10.4. The van der Waals surface area contributed by atoms with Gasteiger partial charge in [0.05, 0.1) is 17.3 Å². The van der Waals surface area contributed by atoms with Gasteiger partial charge in [0.15, 0.2) is 0 Å². The van der Waals surface area contributed by atoms with E-state index in [-0.39, 0.29) is 11.8 Å². The highest BCUT2D eigenvalue weighted by Crippen LogP contribution is 2.33. The van der Waals surface area contributed by atoms with Gasteiger partial charge in [-0.15, -0.1) is 6.58 Å². The fourth-order valence-corrected chi connectivity index (χ4v) is 2.21. The first-order valence-corrected chi connectivity index (χ1v) is 5.92. The van der Waals surface area contributed by atoms with Gasteiger partial charge in [-0.1, -0.05) is 25.1 Å². The van der Waals surface area contributed by atoms with Crippen LogP contribution in [0.5, 0.6) is 0 Å². The first-order valence-electron chi connectivity index (χ1n) is 5.92. The van der Waals surface area contributed by atoms with E-state index in [4.69, 9.17) is 0 Å². The van der Waals surface area contributed by atoms with Crippen LogP contribution in [0.1, 0.15) is 6.92 Å². The molecule has 1 atom stereocenters. The number of rotatable bonds is 3. The molecular weight excluding hydrogens is 228 g/mol. The number of fused-ring (bicyclic) bond motifs is 1. The highest BCUT2D eigenvalue weighted by atomic mass is 16.2. The Morgan fingerprint density at radius 3 is 2.67 bits per heavy atom. The molecule has 4 nitrogen and oxygen atoms in total. The minimum atomic E-state index is -0.220. The Bertz CT molecular complexity index is 484. The first-order chi connectivity index (χ1) is 8.69. The maximum absolute atomic E-state index is 12.3. The van der Waals surface area contributed by atoms with Crippen molar-refractivity contribution in [2.75, 3.05) is 22.9 Å². The van der Waals surface area contributed by atoms with E-state index in [0.29, 0.717) is 13.1 Å². The molecule has 2 rings (SSSR count). The number of anilines is 2. The minimum absolute atomic E-state index is 0.0201. The van der Waals surface area contributed by atoms with Gasteiger partial charge in [-0.3, -0.25) is 9.59 Å². The van der Waals surface area contributed by atoms with Crippen LogP contribution in [0.25, 0.3) is 0 Å². The maximum Gasteiger partial charge on any atom is 0.231 e. The number of para-hydroxylation sites is 2. The lowest BCUT2D eigenvalue weighted by molar-refractivity contribution is -0.121. The van der Waals surface area contributed by atoms with Crippen molar-refractivity contribution in [2.45, 2.75) is 6.92 Å². The highest BCUT2D eigenvalue weighted by molar-refractivity contribution is 6.02. The molecule has 0 N–H and O–H groups in total. The van der Waals surface area contributed by atoms with E-state index >= 15 is 0 Å². The fourth-order valence-electron chi connectivity index (χ4n) is 2.21. The van der Waals surface area contributed by atoms with Crippen LogP contribution in [0.15, 0.2) is 36.9 Å². The average Bonchev–Trinajstić information content (AvgIpc) is 2.50. The van der Waals surface area contributed by atoms with E-state index < -0.39 is 0 Å². The van der Waals surface area contributed by atoms with Crippen LogP contribution in [0, 0.1) is 5.92 Å². The predicted molar refractivity (Wildman–Crippen MR) is 71.6 cm³/mol. The number of carbonyl (C=O) groups is 2. The lowest BCUT2D eigenvalue weighted by atomic mass is 10.1. The minimum Gasteiger partial charge on any atom is -0.312 e. The summed E-state index contributed by atoms with van der Waals surface area (Å²) in [4.78, 5) is 26.7. The molecule has 1 aromatic rings. The van der Waals surface area contributed by atoms with Gasteiger partial charge in [0.2, 0.25) is 12.3 Å². The quantitative estimate of drug-likeness (QED) is 0.601. The number of nitrogens with zero attached hydrogens (tertiary/aromatic N) is 2. The summed E-state index contributed by atoms with van der Waals surface area (Å²) in [6, 6.07) is 7.43. The topological polar surface area (TPSA) is 40.6 Å². The molecule has 4 heteroatoms. The summed E-state index contributed by atoms with van der Waals surface area (Å²) in [5.41, 5.74) is 1.53. The molecule has 1 unspecified atom stereocenters. The fraction of sp³-hybridized carbons (Fsp3) is 0.286. The van der Waals surface area contributed by atoms with Crippen LogP contribution >= 0.6 is 0 Å². The van der Waals surface area contributed by atoms with Crippen LogP contribution < -0.4 is 9.80 Å². The smallest absolute Gasteiger partial charge is 0.231 e. The molecule has 1 aromatic carbocycles. The molecule has 0 aliphatic carbocycles. The van der Waals surface area contributed by atoms with Crippen molar-refractivity contribution >= 4 is 23.7 Å². The van der Waals surface area contributed by atoms with Crippen LogP contribution in [0.2, 0.25) is 0 Å². The summed E-state index contributed by atoms with van der Waals surface area (Å²) >= 11 is 0. The van der Waals surface area contributed by atoms with E-state index in [1.165, 1.54) is 0 Å². The number of benzene rings is 1. The lowest BCUT2D eigenvalue weighted by Gasteiger charge is -2.22. The number of amides is 2. The Morgan fingerprint density at radius 2 is 2.06 bits per heavy atom. The molecule has 0 saturated heterocycles. The normalized spacial score (nSPS) is 19.2. The van der Waals surface area contributed by atoms with Crippen molar-refractivity contribution in [3.63, 3.8) is 0 Å². The van der Waals surface area contributed by atoms with Gasteiger partial charge in [0.25, 0.3) is 0 Å². The Labute approximate surface area is 106 Å².